The van der Waals surface area contributed by atoms with Crippen LogP contribution in [0, 0.1) is 23.2 Å². The molecule has 0 spiro atoms. The summed E-state index contributed by atoms with van der Waals surface area (Å²) >= 11 is 0. The zero-order chi connectivity index (χ0) is 18.6. The number of carbonyl (C=O) groups is 4. The van der Waals surface area contributed by atoms with E-state index in [4.69, 9.17) is 15.7 Å². The molecule has 1 heterocycles. The fourth-order valence-electron chi connectivity index (χ4n) is 3.32. The summed E-state index contributed by atoms with van der Waals surface area (Å²) in [5, 5.41) is 8.81. The van der Waals surface area contributed by atoms with Crippen molar-refractivity contribution in [2.75, 3.05) is 13.2 Å². The molecule has 0 aromatic carbocycles. The van der Waals surface area contributed by atoms with Gasteiger partial charge in [0.25, 0.3) is 0 Å². The number of esters is 1. The highest BCUT2D eigenvalue weighted by molar-refractivity contribution is 6.05. The number of allylic oxidation sites excluding steroid dienone is 1. The molecule has 2 amide bonds. The van der Waals surface area contributed by atoms with E-state index < -0.39 is 18.4 Å². The third-order valence-corrected chi connectivity index (χ3v) is 4.62. The molecule has 0 aromatic heterocycles. The van der Waals surface area contributed by atoms with Gasteiger partial charge >= 0.3 is 5.97 Å². The van der Waals surface area contributed by atoms with Crippen LogP contribution in [0.2, 0.25) is 0 Å². The SMILES string of the molecule is C/C(N)=C(\C#N)C(=O)COC(=O)CCN1C(=O)C2CCCCC2C1=O. The Kier molecular flexibility index (Phi) is 5.91. The molecule has 1 saturated carbocycles. The molecule has 2 unspecified atom stereocenters. The normalized spacial score (nSPS) is 23.6. The van der Waals surface area contributed by atoms with Crippen molar-refractivity contribution in [3.63, 3.8) is 0 Å². The number of carbonyl (C=O) groups excluding carboxylic acids is 4. The second-order valence-corrected chi connectivity index (χ2v) is 6.33. The topological polar surface area (TPSA) is 131 Å². The smallest absolute Gasteiger partial charge is 0.308 e. The molecule has 2 rings (SSSR count). The van der Waals surface area contributed by atoms with E-state index in [-0.39, 0.29) is 47.9 Å². The highest BCUT2D eigenvalue weighted by atomic mass is 16.5. The van der Waals surface area contributed by atoms with E-state index in [0.717, 1.165) is 17.7 Å². The molecule has 2 atom stereocenters. The number of nitriles is 1. The summed E-state index contributed by atoms with van der Waals surface area (Å²) in [6, 6.07) is 1.66. The lowest BCUT2D eigenvalue weighted by Crippen LogP contribution is -2.33. The van der Waals surface area contributed by atoms with Gasteiger partial charge in [-0.1, -0.05) is 12.8 Å². The molecule has 2 N–H and O–H groups in total. The van der Waals surface area contributed by atoms with E-state index in [2.05, 4.69) is 0 Å². The Morgan fingerprint density at radius 3 is 2.28 bits per heavy atom. The first-order chi connectivity index (χ1) is 11.9. The Labute approximate surface area is 145 Å². The molecule has 1 aliphatic carbocycles. The number of nitrogens with zero attached hydrogens (tertiary/aromatic N) is 2. The monoisotopic (exact) mass is 347 g/mol. The molecule has 0 radical (unpaired) electrons. The van der Waals surface area contributed by atoms with Crippen LogP contribution >= 0.6 is 0 Å². The average Bonchev–Trinajstić information content (AvgIpc) is 2.83. The Balaban J connectivity index is 1.83. The highest BCUT2D eigenvalue weighted by Crippen LogP contribution is 2.37. The fraction of sp³-hybridized carbons (Fsp3) is 0.588. The van der Waals surface area contributed by atoms with Gasteiger partial charge in [-0.05, 0) is 19.8 Å². The van der Waals surface area contributed by atoms with Crippen LogP contribution in [-0.2, 0) is 23.9 Å². The molecule has 1 aliphatic heterocycles. The number of hydrogen-bond acceptors (Lipinski definition) is 7. The van der Waals surface area contributed by atoms with Crippen molar-refractivity contribution in [1.82, 2.24) is 4.90 Å². The van der Waals surface area contributed by atoms with Gasteiger partial charge in [0.15, 0.2) is 6.61 Å². The van der Waals surface area contributed by atoms with Gasteiger partial charge < -0.3 is 10.5 Å². The van der Waals surface area contributed by atoms with Crippen LogP contribution in [0.4, 0.5) is 0 Å². The summed E-state index contributed by atoms with van der Waals surface area (Å²) in [6.07, 6.45) is 3.12. The molecule has 8 heteroatoms. The zero-order valence-electron chi connectivity index (χ0n) is 14.1. The van der Waals surface area contributed by atoms with E-state index >= 15 is 0 Å². The molecular formula is C17H21N3O5. The lowest BCUT2D eigenvalue weighted by atomic mass is 9.81. The quantitative estimate of drug-likeness (QED) is 0.319. The molecule has 8 nitrogen and oxygen atoms in total. The van der Waals surface area contributed by atoms with Crippen LogP contribution in [0.25, 0.3) is 0 Å². The first-order valence-electron chi connectivity index (χ1n) is 8.27. The number of rotatable bonds is 6. The molecule has 0 aromatic rings. The number of amides is 2. The predicted octanol–water partition coefficient (Wildman–Crippen LogP) is 0.420. The minimum atomic E-state index is -0.712. The van der Waals surface area contributed by atoms with E-state index in [9.17, 15) is 19.2 Å². The summed E-state index contributed by atoms with van der Waals surface area (Å²) in [5.41, 5.74) is 5.20. The maximum absolute atomic E-state index is 12.3. The van der Waals surface area contributed by atoms with Crippen LogP contribution in [-0.4, -0.2) is 41.6 Å². The van der Waals surface area contributed by atoms with Gasteiger partial charge in [-0.2, -0.15) is 5.26 Å². The van der Waals surface area contributed by atoms with Crippen molar-refractivity contribution in [2.24, 2.45) is 17.6 Å². The third-order valence-electron chi connectivity index (χ3n) is 4.62. The first kappa shape index (κ1) is 18.6. The molecule has 134 valence electrons. The van der Waals surface area contributed by atoms with E-state index in [1.54, 1.807) is 6.07 Å². The van der Waals surface area contributed by atoms with Crippen LogP contribution < -0.4 is 5.73 Å². The van der Waals surface area contributed by atoms with Crippen molar-refractivity contribution in [3.8, 4) is 6.07 Å². The van der Waals surface area contributed by atoms with Crippen molar-refractivity contribution in [2.45, 2.75) is 39.0 Å². The number of Topliss-reactive ketones (excluding diaryl/α,β-unsaturated/α-hetero) is 1. The summed E-state index contributed by atoms with van der Waals surface area (Å²) < 4.78 is 4.81. The Hall–Kier alpha value is -2.69. The number of ether oxygens (including phenoxy) is 1. The van der Waals surface area contributed by atoms with Crippen LogP contribution in [0.3, 0.4) is 0 Å². The maximum Gasteiger partial charge on any atom is 0.308 e. The number of ketones is 1. The number of likely N-dealkylation sites (tertiary alicyclic amines) is 1. The number of imide groups is 1. The molecule has 2 aliphatic rings. The van der Waals surface area contributed by atoms with Gasteiger partial charge in [0.2, 0.25) is 17.6 Å². The summed E-state index contributed by atoms with van der Waals surface area (Å²) in [4.78, 5) is 49.1. The summed E-state index contributed by atoms with van der Waals surface area (Å²) in [6.45, 7) is 0.764. The Morgan fingerprint density at radius 2 is 1.80 bits per heavy atom. The van der Waals surface area contributed by atoms with Gasteiger partial charge in [-0.3, -0.25) is 24.1 Å². The zero-order valence-corrected chi connectivity index (χ0v) is 14.1. The number of nitrogens with two attached hydrogens (primary N) is 1. The largest absolute Gasteiger partial charge is 0.457 e. The van der Waals surface area contributed by atoms with Gasteiger partial charge in [-0.15, -0.1) is 0 Å². The van der Waals surface area contributed by atoms with E-state index in [1.165, 1.54) is 6.92 Å². The second kappa shape index (κ2) is 7.92. The van der Waals surface area contributed by atoms with Crippen molar-refractivity contribution < 1.29 is 23.9 Å². The first-order valence-corrected chi connectivity index (χ1v) is 8.27. The van der Waals surface area contributed by atoms with Crippen LogP contribution in [0.5, 0.6) is 0 Å². The Bertz CT molecular complexity index is 648. The lowest BCUT2D eigenvalue weighted by Gasteiger charge is -2.19. The van der Waals surface area contributed by atoms with Crippen LogP contribution in [0.1, 0.15) is 39.0 Å². The van der Waals surface area contributed by atoms with Crippen LogP contribution in [0.15, 0.2) is 11.3 Å². The minimum Gasteiger partial charge on any atom is -0.457 e. The predicted molar refractivity (Wildman–Crippen MR) is 85.3 cm³/mol. The summed E-state index contributed by atoms with van der Waals surface area (Å²) in [7, 11) is 0. The molecule has 25 heavy (non-hydrogen) atoms. The van der Waals surface area contributed by atoms with E-state index in [0.29, 0.717) is 12.8 Å². The number of fused-ring (bicyclic) bond motifs is 1. The van der Waals surface area contributed by atoms with Gasteiger partial charge in [0, 0.05) is 12.2 Å². The standard InChI is InChI=1S/C17H21N3O5/c1-10(19)13(8-18)14(21)9-25-15(22)6-7-20-16(23)11-4-2-3-5-12(11)17(20)24/h11-12H,2-7,9,19H2,1H3/b13-10-. The average molecular weight is 347 g/mol. The summed E-state index contributed by atoms with van der Waals surface area (Å²) in [5.74, 6) is -2.34. The second-order valence-electron chi connectivity index (χ2n) is 6.33. The highest BCUT2D eigenvalue weighted by Gasteiger charge is 2.47. The van der Waals surface area contributed by atoms with Crippen molar-refractivity contribution >= 4 is 23.6 Å². The lowest BCUT2D eigenvalue weighted by molar-refractivity contribution is -0.148. The Morgan fingerprint density at radius 1 is 1.24 bits per heavy atom. The number of hydrogen-bond donors (Lipinski definition) is 1. The van der Waals surface area contributed by atoms with Gasteiger partial charge in [0.05, 0.1) is 18.3 Å². The third kappa shape index (κ3) is 4.05. The molecular weight excluding hydrogens is 326 g/mol. The van der Waals surface area contributed by atoms with Gasteiger partial charge in [-0.25, -0.2) is 0 Å². The fourth-order valence-corrected chi connectivity index (χ4v) is 3.32. The van der Waals surface area contributed by atoms with Gasteiger partial charge in [0.1, 0.15) is 11.6 Å². The van der Waals surface area contributed by atoms with E-state index in [1.807, 2.05) is 0 Å². The minimum absolute atomic E-state index is 0.0471. The molecule has 0 bridgehead atoms. The van der Waals surface area contributed by atoms with Crippen molar-refractivity contribution in [1.29, 1.82) is 5.26 Å². The molecule has 1 saturated heterocycles. The van der Waals surface area contributed by atoms with Crippen molar-refractivity contribution in [3.05, 3.63) is 11.3 Å². The molecule has 2 fully saturated rings. The maximum atomic E-state index is 12.3.